The number of nitrogens with one attached hydrogen (secondary N) is 1. The Morgan fingerprint density at radius 1 is 0.963 bits per heavy atom. The molecule has 1 aliphatic rings. The number of aromatic nitrogens is 3. The lowest BCUT2D eigenvalue weighted by atomic mass is 10.2. The molecule has 2 heterocycles. The van der Waals surface area contributed by atoms with Gasteiger partial charge < -0.3 is 10.1 Å². The van der Waals surface area contributed by atoms with Gasteiger partial charge in [0.05, 0.1) is 17.6 Å². The van der Waals surface area contributed by atoms with E-state index in [1.807, 2.05) is 53.3 Å². The number of ether oxygens (including phenoxy) is 1. The van der Waals surface area contributed by atoms with Crippen molar-refractivity contribution in [2.24, 2.45) is 0 Å². The molecule has 140 valence electrons. The van der Waals surface area contributed by atoms with Gasteiger partial charge in [0.15, 0.2) is 0 Å². The zero-order valence-electron chi connectivity index (χ0n) is 15.4. The van der Waals surface area contributed by atoms with Crippen molar-refractivity contribution in [1.29, 1.82) is 0 Å². The van der Waals surface area contributed by atoms with Crippen LogP contribution in [0.2, 0.25) is 0 Å². The predicted octanol–water partition coefficient (Wildman–Crippen LogP) is 2.64. The van der Waals surface area contributed by atoms with E-state index in [9.17, 15) is 0 Å². The molecule has 0 spiro atoms. The van der Waals surface area contributed by atoms with E-state index in [4.69, 9.17) is 4.74 Å². The molecule has 1 saturated heterocycles. The number of nitrogens with zero attached hydrogens (tertiary/aromatic N) is 4. The molecule has 27 heavy (non-hydrogen) atoms. The first-order chi connectivity index (χ1) is 13.4. The summed E-state index contributed by atoms with van der Waals surface area (Å²) in [6.45, 7) is 5.72. The molecule has 6 nitrogen and oxygen atoms in total. The quantitative estimate of drug-likeness (QED) is 0.730. The van der Waals surface area contributed by atoms with Crippen LogP contribution in [0.5, 0.6) is 5.75 Å². The fraction of sp³-hybridized carbons (Fsp3) is 0.333. The molecule has 0 unspecified atom stereocenters. The summed E-state index contributed by atoms with van der Waals surface area (Å²) in [5.74, 6) is 0.850. The van der Waals surface area contributed by atoms with Crippen LogP contribution < -0.4 is 10.1 Å². The third kappa shape index (κ3) is 4.72. The lowest BCUT2D eigenvalue weighted by Gasteiger charge is -2.19. The van der Waals surface area contributed by atoms with E-state index >= 15 is 0 Å². The predicted molar refractivity (Wildman–Crippen MR) is 105 cm³/mol. The maximum atomic E-state index is 5.87. The molecule has 2 aromatic carbocycles. The number of hydrogen-bond acceptors (Lipinski definition) is 5. The van der Waals surface area contributed by atoms with Gasteiger partial charge in [-0.3, -0.25) is 4.90 Å². The highest BCUT2D eigenvalue weighted by atomic mass is 16.5. The Kier molecular flexibility index (Phi) is 5.76. The van der Waals surface area contributed by atoms with Gasteiger partial charge in [0, 0.05) is 19.6 Å². The molecule has 1 aliphatic heterocycles. The Morgan fingerprint density at radius 2 is 1.81 bits per heavy atom. The van der Waals surface area contributed by atoms with E-state index in [0.29, 0.717) is 6.61 Å². The first-order valence-corrected chi connectivity index (χ1v) is 9.48. The Morgan fingerprint density at radius 3 is 2.67 bits per heavy atom. The zero-order chi connectivity index (χ0) is 18.3. The Bertz CT molecular complexity index is 823. The standard InChI is InChI=1S/C21H25N5O/c1-2-5-18(6-3-1)17-27-21-9-7-19(8-10-21)26-20(15-23-24-26)16-25-13-4-11-22-12-14-25/h1-3,5-10,15,22H,4,11-14,16-17H2. The highest BCUT2D eigenvalue weighted by Crippen LogP contribution is 2.18. The lowest BCUT2D eigenvalue weighted by molar-refractivity contribution is 0.278. The molecule has 0 aliphatic carbocycles. The number of rotatable bonds is 6. The van der Waals surface area contributed by atoms with E-state index in [0.717, 1.165) is 55.4 Å². The third-order valence-corrected chi connectivity index (χ3v) is 4.77. The molecular formula is C21H25N5O. The minimum Gasteiger partial charge on any atom is -0.489 e. The van der Waals surface area contributed by atoms with Crippen molar-refractivity contribution in [2.75, 3.05) is 26.2 Å². The largest absolute Gasteiger partial charge is 0.489 e. The van der Waals surface area contributed by atoms with Gasteiger partial charge in [-0.25, -0.2) is 4.68 Å². The van der Waals surface area contributed by atoms with E-state index in [1.54, 1.807) is 0 Å². The maximum Gasteiger partial charge on any atom is 0.119 e. The highest BCUT2D eigenvalue weighted by molar-refractivity contribution is 5.37. The van der Waals surface area contributed by atoms with Crippen molar-refractivity contribution in [3.8, 4) is 11.4 Å². The van der Waals surface area contributed by atoms with E-state index < -0.39 is 0 Å². The second-order valence-electron chi connectivity index (χ2n) is 6.79. The highest BCUT2D eigenvalue weighted by Gasteiger charge is 2.13. The summed E-state index contributed by atoms with van der Waals surface area (Å²) in [4.78, 5) is 2.45. The van der Waals surface area contributed by atoms with Crippen LogP contribution in [0.15, 0.2) is 60.8 Å². The van der Waals surface area contributed by atoms with Gasteiger partial charge >= 0.3 is 0 Å². The Hall–Kier alpha value is -2.70. The smallest absolute Gasteiger partial charge is 0.119 e. The van der Waals surface area contributed by atoms with Crippen molar-refractivity contribution in [3.05, 3.63) is 72.1 Å². The van der Waals surface area contributed by atoms with Gasteiger partial charge in [-0.1, -0.05) is 35.5 Å². The monoisotopic (exact) mass is 363 g/mol. The van der Waals surface area contributed by atoms with Crippen molar-refractivity contribution in [2.45, 2.75) is 19.6 Å². The Balaban J connectivity index is 1.41. The molecule has 3 aromatic rings. The lowest BCUT2D eigenvalue weighted by Crippen LogP contribution is -2.28. The number of hydrogen-bond donors (Lipinski definition) is 1. The van der Waals surface area contributed by atoms with E-state index in [2.05, 4.69) is 32.7 Å². The van der Waals surface area contributed by atoms with Crippen LogP contribution in [0, 0.1) is 0 Å². The minimum atomic E-state index is 0.567. The summed E-state index contributed by atoms with van der Waals surface area (Å²) in [7, 11) is 0. The normalized spacial score (nSPS) is 15.4. The fourth-order valence-electron chi connectivity index (χ4n) is 3.29. The van der Waals surface area contributed by atoms with Crippen LogP contribution in [-0.4, -0.2) is 46.1 Å². The first-order valence-electron chi connectivity index (χ1n) is 9.48. The summed E-state index contributed by atoms with van der Waals surface area (Å²) >= 11 is 0. The second-order valence-corrected chi connectivity index (χ2v) is 6.79. The van der Waals surface area contributed by atoms with Crippen molar-refractivity contribution < 1.29 is 4.74 Å². The first kappa shape index (κ1) is 17.7. The number of benzene rings is 2. The van der Waals surface area contributed by atoms with Gasteiger partial charge in [0.25, 0.3) is 0 Å². The molecule has 1 aromatic heterocycles. The summed E-state index contributed by atoms with van der Waals surface area (Å²) in [6.07, 6.45) is 3.03. The summed E-state index contributed by atoms with van der Waals surface area (Å²) in [5, 5.41) is 11.8. The van der Waals surface area contributed by atoms with Gasteiger partial charge in [0.1, 0.15) is 12.4 Å². The SMILES string of the molecule is c1ccc(COc2ccc(-n3nncc3CN3CCCNCC3)cc2)cc1. The van der Waals surface area contributed by atoms with Crippen LogP contribution in [0.3, 0.4) is 0 Å². The van der Waals surface area contributed by atoms with Crippen LogP contribution in [0.4, 0.5) is 0 Å². The van der Waals surface area contributed by atoms with Crippen LogP contribution >= 0.6 is 0 Å². The van der Waals surface area contributed by atoms with Crippen LogP contribution in [0.1, 0.15) is 17.7 Å². The molecular weight excluding hydrogens is 338 g/mol. The maximum absolute atomic E-state index is 5.87. The molecule has 1 fully saturated rings. The molecule has 0 saturated carbocycles. The average Bonchev–Trinajstić information content (AvgIpc) is 3.02. The Labute approximate surface area is 159 Å². The second kappa shape index (κ2) is 8.79. The van der Waals surface area contributed by atoms with Crippen molar-refractivity contribution in [3.63, 3.8) is 0 Å². The molecule has 0 bridgehead atoms. The summed E-state index contributed by atoms with van der Waals surface area (Å²) in [5.41, 5.74) is 3.27. The molecule has 6 heteroatoms. The minimum absolute atomic E-state index is 0.567. The third-order valence-electron chi connectivity index (χ3n) is 4.77. The van der Waals surface area contributed by atoms with Gasteiger partial charge in [-0.15, -0.1) is 5.10 Å². The van der Waals surface area contributed by atoms with Gasteiger partial charge in [-0.2, -0.15) is 0 Å². The molecule has 1 N–H and O–H groups in total. The zero-order valence-corrected chi connectivity index (χ0v) is 15.4. The van der Waals surface area contributed by atoms with Crippen LogP contribution in [-0.2, 0) is 13.2 Å². The summed E-state index contributed by atoms with van der Waals surface area (Å²) in [6, 6.07) is 18.2. The fourth-order valence-corrected chi connectivity index (χ4v) is 3.29. The van der Waals surface area contributed by atoms with E-state index in [1.165, 1.54) is 6.42 Å². The molecule has 0 amide bonds. The summed E-state index contributed by atoms with van der Waals surface area (Å²) < 4.78 is 7.79. The average molecular weight is 363 g/mol. The molecule has 4 rings (SSSR count). The van der Waals surface area contributed by atoms with Crippen molar-refractivity contribution in [1.82, 2.24) is 25.2 Å². The molecule has 0 atom stereocenters. The van der Waals surface area contributed by atoms with Gasteiger partial charge in [-0.05, 0) is 49.3 Å². The topological polar surface area (TPSA) is 55.2 Å². The van der Waals surface area contributed by atoms with Crippen LogP contribution in [0.25, 0.3) is 5.69 Å². The van der Waals surface area contributed by atoms with Crippen molar-refractivity contribution >= 4 is 0 Å². The molecule has 0 radical (unpaired) electrons. The van der Waals surface area contributed by atoms with Gasteiger partial charge in [0.2, 0.25) is 0 Å². The van der Waals surface area contributed by atoms with E-state index in [-0.39, 0.29) is 0 Å².